The first-order chi connectivity index (χ1) is 9.19. The Hall–Kier alpha value is -1.82. The number of para-hydroxylation sites is 1. The predicted molar refractivity (Wildman–Crippen MR) is 78.8 cm³/mol. The fraction of sp³-hybridized carbons (Fsp3) is 0.231. The molecule has 0 aliphatic rings. The summed E-state index contributed by atoms with van der Waals surface area (Å²) in [6.45, 7) is 3.56. The van der Waals surface area contributed by atoms with Gasteiger partial charge in [0.25, 0.3) is 0 Å². The molecule has 0 aliphatic heterocycles. The molecule has 19 heavy (non-hydrogen) atoms. The zero-order valence-corrected chi connectivity index (χ0v) is 12.1. The van der Waals surface area contributed by atoms with Gasteiger partial charge < -0.3 is 5.73 Å². The molecule has 0 atom stereocenters. The molecule has 2 aromatic heterocycles. The van der Waals surface area contributed by atoms with Crippen molar-refractivity contribution in [3.05, 3.63) is 40.6 Å². The number of aromatic nitrogens is 4. The summed E-state index contributed by atoms with van der Waals surface area (Å²) in [6, 6.07) is 8.23. The number of aryl methyl sites for hydroxylation is 1. The van der Waals surface area contributed by atoms with Crippen molar-refractivity contribution in [1.82, 2.24) is 19.6 Å². The van der Waals surface area contributed by atoms with Gasteiger partial charge in [0.15, 0.2) is 5.82 Å². The number of fused-ring (bicyclic) bond motifs is 1. The molecule has 3 aromatic rings. The summed E-state index contributed by atoms with van der Waals surface area (Å²) >= 11 is 3.36. The third-order valence-electron chi connectivity index (χ3n) is 3.09. The smallest absolute Gasteiger partial charge is 0.159 e. The Morgan fingerprint density at radius 2 is 2.05 bits per heavy atom. The van der Waals surface area contributed by atoms with Crippen LogP contribution in [0.2, 0.25) is 0 Å². The first kappa shape index (κ1) is 12.2. The van der Waals surface area contributed by atoms with E-state index in [0.29, 0.717) is 12.4 Å². The standard InChI is InChI=1S/C13H14BrN5/c1-2-19-12-6-4-3-5-9(12)11(16-19)8-18-7-10(14)13(15)17-18/h3-7H,2,8H2,1H3,(H2,15,17). The monoisotopic (exact) mass is 319 g/mol. The lowest BCUT2D eigenvalue weighted by Gasteiger charge is -1.97. The van der Waals surface area contributed by atoms with Crippen molar-refractivity contribution >= 4 is 32.7 Å². The average molecular weight is 320 g/mol. The highest BCUT2D eigenvalue weighted by Crippen LogP contribution is 2.21. The van der Waals surface area contributed by atoms with Gasteiger partial charge in [-0.2, -0.15) is 10.2 Å². The minimum absolute atomic E-state index is 0.499. The summed E-state index contributed by atoms with van der Waals surface area (Å²) in [6.07, 6.45) is 1.87. The number of nitrogens with zero attached hydrogens (tertiary/aromatic N) is 4. The molecule has 1 aromatic carbocycles. The van der Waals surface area contributed by atoms with Gasteiger partial charge in [0.1, 0.15) is 0 Å². The molecule has 0 spiro atoms. The van der Waals surface area contributed by atoms with E-state index < -0.39 is 0 Å². The number of hydrogen-bond acceptors (Lipinski definition) is 3. The molecule has 0 bridgehead atoms. The predicted octanol–water partition coefficient (Wildman–Crippen LogP) is 2.65. The van der Waals surface area contributed by atoms with Crippen LogP contribution in [0, 0.1) is 0 Å². The van der Waals surface area contributed by atoms with Gasteiger partial charge >= 0.3 is 0 Å². The highest BCUT2D eigenvalue weighted by molar-refractivity contribution is 9.10. The Morgan fingerprint density at radius 3 is 2.74 bits per heavy atom. The second-order valence-electron chi connectivity index (χ2n) is 4.34. The Bertz CT molecular complexity index is 708. The number of hydrogen-bond donors (Lipinski definition) is 1. The summed E-state index contributed by atoms with van der Waals surface area (Å²) in [5, 5.41) is 10.0. The van der Waals surface area contributed by atoms with E-state index in [-0.39, 0.29) is 0 Å². The number of halogens is 1. The van der Waals surface area contributed by atoms with Crippen LogP contribution in [0.15, 0.2) is 34.9 Å². The minimum atomic E-state index is 0.499. The summed E-state index contributed by atoms with van der Waals surface area (Å²) in [5.74, 6) is 0.499. The maximum atomic E-state index is 5.73. The van der Waals surface area contributed by atoms with Crippen LogP contribution in [-0.2, 0) is 13.1 Å². The molecule has 0 saturated carbocycles. The van der Waals surface area contributed by atoms with Gasteiger partial charge in [-0.1, -0.05) is 18.2 Å². The van der Waals surface area contributed by atoms with Gasteiger partial charge in [-0.25, -0.2) is 0 Å². The Balaban J connectivity index is 2.05. The van der Waals surface area contributed by atoms with E-state index in [0.717, 1.165) is 27.6 Å². The lowest BCUT2D eigenvalue weighted by atomic mass is 10.2. The van der Waals surface area contributed by atoms with E-state index in [1.54, 1.807) is 4.68 Å². The number of nitrogens with two attached hydrogens (primary N) is 1. The van der Waals surface area contributed by atoms with E-state index in [1.165, 1.54) is 0 Å². The molecule has 0 aliphatic carbocycles. The van der Waals surface area contributed by atoms with Crippen molar-refractivity contribution < 1.29 is 0 Å². The topological polar surface area (TPSA) is 61.7 Å². The van der Waals surface area contributed by atoms with E-state index in [9.17, 15) is 0 Å². The Labute approximate surface area is 119 Å². The van der Waals surface area contributed by atoms with Crippen LogP contribution in [0.1, 0.15) is 12.6 Å². The van der Waals surface area contributed by atoms with Crippen molar-refractivity contribution in [3.63, 3.8) is 0 Å². The molecule has 0 radical (unpaired) electrons. The second-order valence-corrected chi connectivity index (χ2v) is 5.19. The summed E-state index contributed by atoms with van der Waals surface area (Å²) in [5.41, 5.74) is 7.89. The fourth-order valence-corrected chi connectivity index (χ4v) is 2.52. The molecule has 3 rings (SSSR count). The molecule has 2 N–H and O–H groups in total. The van der Waals surface area contributed by atoms with Crippen LogP contribution in [0.4, 0.5) is 5.82 Å². The maximum absolute atomic E-state index is 5.73. The molecule has 6 heteroatoms. The quantitative estimate of drug-likeness (QED) is 0.807. The van der Waals surface area contributed by atoms with Crippen molar-refractivity contribution in [2.24, 2.45) is 0 Å². The highest BCUT2D eigenvalue weighted by atomic mass is 79.9. The third kappa shape index (κ3) is 2.12. The maximum Gasteiger partial charge on any atom is 0.159 e. The van der Waals surface area contributed by atoms with Crippen LogP contribution in [0.25, 0.3) is 10.9 Å². The first-order valence-electron chi connectivity index (χ1n) is 6.12. The second kappa shape index (κ2) is 4.70. The van der Waals surface area contributed by atoms with Crippen molar-refractivity contribution in [1.29, 1.82) is 0 Å². The van der Waals surface area contributed by atoms with Gasteiger partial charge in [0, 0.05) is 18.1 Å². The average Bonchev–Trinajstić information content (AvgIpc) is 2.92. The van der Waals surface area contributed by atoms with E-state index in [2.05, 4.69) is 45.2 Å². The Morgan fingerprint density at radius 1 is 1.26 bits per heavy atom. The molecule has 0 unspecified atom stereocenters. The molecule has 2 heterocycles. The van der Waals surface area contributed by atoms with Gasteiger partial charge in [-0.3, -0.25) is 9.36 Å². The molecule has 98 valence electrons. The minimum Gasteiger partial charge on any atom is -0.381 e. The largest absolute Gasteiger partial charge is 0.381 e. The van der Waals surface area contributed by atoms with Crippen LogP contribution in [0.3, 0.4) is 0 Å². The van der Waals surface area contributed by atoms with E-state index >= 15 is 0 Å². The molecule has 0 amide bonds. The first-order valence-corrected chi connectivity index (χ1v) is 6.91. The Kier molecular flexibility index (Phi) is 3.02. The number of benzene rings is 1. The molecule has 5 nitrogen and oxygen atoms in total. The van der Waals surface area contributed by atoms with Gasteiger partial charge in [-0.05, 0) is 28.9 Å². The van der Waals surface area contributed by atoms with Crippen molar-refractivity contribution in [3.8, 4) is 0 Å². The van der Waals surface area contributed by atoms with Crippen LogP contribution >= 0.6 is 15.9 Å². The molecular formula is C13H14BrN5. The SMILES string of the molecule is CCn1nc(Cn2cc(Br)c(N)n2)c2ccccc21. The zero-order chi connectivity index (χ0) is 13.4. The lowest BCUT2D eigenvalue weighted by Crippen LogP contribution is -2.03. The number of nitrogen functional groups attached to an aromatic ring is 1. The number of rotatable bonds is 3. The molecule has 0 saturated heterocycles. The summed E-state index contributed by atoms with van der Waals surface area (Å²) < 4.78 is 4.62. The molecular weight excluding hydrogens is 306 g/mol. The normalized spacial score (nSPS) is 11.3. The van der Waals surface area contributed by atoms with E-state index in [1.807, 2.05) is 23.0 Å². The third-order valence-corrected chi connectivity index (χ3v) is 3.70. The number of anilines is 1. The summed E-state index contributed by atoms with van der Waals surface area (Å²) in [7, 11) is 0. The summed E-state index contributed by atoms with van der Waals surface area (Å²) in [4.78, 5) is 0. The zero-order valence-electron chi connectivity index (χ0n) is 10.5. The lowest BCUT2D eigenvalue weighted by molar-refractivity contribution is 0.629. The van der Waals surface area contributed by atoms with Crippen LogP contribution in [-0.4, -0.2) is 19.6 Å². The van der Waals surface area contributed by atoms with Crippen molar-refractivity contribution in [2.75, 3.05) is 5.73 Å². The van der Waals surface area contributed by atoms with Gasteiger partial charge in [0.2, 0.25) is 0 Å². The van der Waals surface area contributed by atoms with Crippen molar-refractivity contribution in [2.45, 2.75) is 20.0 Å². The molecule has 0 fully saturated rings. The van der Waals surface area contributed by atoms with E-state index in [4.69, 9.17) is 5.73 Å². The van der Waals surface area contributed by atoms with Crippen LogP contribution < -0.4 is 5.73 Å². The van der Waals surface area contributed by atoms with Gasteiger partial charge in [-0.15, -0.1) is 0 Å². The fourth-order valence-electron chi connectivity index (χ4n) is 2.20. The van der Waals surface area contributed by atoms with Gasteiger partial charge in [0.05, 0.1) is 22.2 Å². The van der Waals surface area contributed by atoms with Crippen LogP contribution in [0.5, 0.6) is 0 Å². The highest BCUT2D eigenvalue weighted by Gasteiger charge is 2.11.